The fourth-order valence-corrected chi connectivity index (χ4v) is 2.37. The van der Waals surface area contributed by atoms with Crippen molar-refractivity contribution in [2.24, 2.45) is 0 Å². The van der Waals surface area contributed by atoms with Gasteiger partial charge in [-0.2, -0.15) is 0 Å². The summed E-state index contributed by atoms with van der Waals surface area (Å²) in [6.45, 7) is 3.18. The zero-order valence-electron chi connectivity index (χ0n) is 9.55. The van der Waals surface area contributed by atoms with E-state index in [0.29, 0.717) is 0 Å². The number of benzene rings is 1. The van der Waals surface area contributed by atoms with Gasteiger partial charge in [0.25, 0.3) is 0 Å². The summed E-state index contributed by atoms with van der Waals surface area (Å²) in [6, 6.07) is 4.35. The lowest BCUT2D eigenvalue weighted by Gasteiger charge is -2.06. The van der Waals surface area contributed by atoms with Crippen LogP contribution >= 0.6 is 0 Å². The molecule has 3 heteroatoms. The second-order valence-electron chi connectivity index (χ2n) is 4.37. The lowest BCUT2D eigenvalue weighted by Crippen LogP contribution is -1.99. The molecule has 1 aliphatic heterocycles. The number of anilines is 1. The molecule has 3 nitrogen and oxygen atoms in total. The Morgan fingerprint density at radius 3 is 3.19 bits per heavy atom. The number of rotatable bonds is 1. The summed E-state index contributed by atoms with van der Waals surface area (Å²) >= 11 is 0. The second-order valence-corrected chi connectivity index (χ2v) is 4.37. The third kappa shape index (κ3) is 1.47. The van der Waals surface area contributed by atoms with E-state index in [1.54, 1.807) is 0 Å². The van der Waals surface area contributed by atoms with Crippen LogP contribution in [0.2, 0.25) is 0 Å². The minimum absolute atomic E-state index is 0.907. The van der Waals surface area contributed by atoms with Gasteiger partial charge in [-0.25, -0.2) is 0 Å². The normalized spacial score (nSPS) is 15.6. The summed E-state index contributed by atoms with van der Waals surface area (Å²) in [5, 5.41) is 8.75. The standard InChI is InChI=1S/C13H16N2O/c1-2-11-10-7-9-5-3-4-6-14-12(9)8-13(10)16-15-11/h7-8,14H,2-6H2,1H3. The van der Waals surface area contributed by atoms with E-state index in [-0.39, 0.29) is 0 Å². The van der Waals surface area contributed by atoms with E-state index in [2.05, 4.69) is 29.5 Å². The third-order valence-electron chi connectivity index (χ3n) is 3.29. The van der Waals surface area contributed by atoms with Gasteiger partial charge < -0.3 is 9.84 Å². The smallest absolute Gasteiger partial charge is 0.169 e. The lowest BCUT2D eigenvalue weighted by atomic mass is 10.0. The summed E-state index contributed by atoms with van der Waals surface area (Å²) in [5.41, 5.74) is 4.61. The average molecular weight is 216 g/mol. The summed E-state index contributed by atoms with van der Waals surface area (Å²) in [7, 11) is 0. The van der Waals surface area contributed by atoms with Crippen molar-refractivity contribution in [3.63, 3.8) is 0 Å². The summed E-state index contributed by atoms with van der Waals surface area (Å²) < 4.78 is 5.36. The van der Waals surface area contributed by atoms with Crippen molar-refractivity contribution in [1.29, 1.82) is 0 Å². The molecule has 2 heterocycles. The Morgan fingerprint density at radius 1 is 1.38 bits per heavy atom. The minimum Gasteiger partial charge on any atom is -0.385 e. The molecule has 3 rings (SSSR count). The Labute approximate surface area is 94.8 Å². The maximum absolute atomic E-state index is 5.36. The molecule has 0 aliphatic carbocycles. The first-order chi connectivity index (χ1) is 7.88. The van der Waals surface area contributed by atoms with E-state index in [4.69, 9.17) is 4.52 Å². The molecule has 0 saturated carbocycles. The van der Waals surface area contributed by atoms with E-state index in [0.717, 1.165) is 30.7 Å². The van der Waals surface area contributed by atoms with Crippen LogP contribution in [0.5, 0.6) is 0 Å². The zero-order valence-corrected chi connectivity index (χ0v) is 9.55. The lowest BCUT2D eigenvalue weighted by molar-refractivity contribution is 0.447. The van der Waals surface area contributed by atoms with Gasteiger partial charge in [0.2, 0.25) is 0 Å². The maximum Gasteiger partial charge on any atom is 0.169 e. The summed E-state index contributed by atoms with van der Waals surface area (Å²) in [4.78, 5) is 0. The Morgan fingerprint density at radius 2 is 2.31 bits per heavy atom. The highest BCUT2D eigenvalue weighted by Crippen LogP contribution is 2.29. The Kier molecular flexibility index (Phi) is 2.31. The van der Waals surface area contributed by atoms with Crippen LogP contribution in [0.25, 0.3) is 11.0 Å². The second kappa shape index (κ2) is 3.81. The van der Waals surface area contributed by atoms with E-state index in [1.165, 1.54) is 29.5 Å². The van der Waals surface area contributed by atoms with Gasteiger partial charge in [0.1, 0.15) is 0 Å². The quantitative estimate of drug-likeness (QED) is 0.795. The molecule has 0 amide bonds. The Bertz CT molecular complexity index is 516. The SMILES string of the molecule is CCc1noc2cc3c(cc12)CCCCN3. The van der Waals surface area contributed by atoms with Crippen LogP contribution in [-0.4, -0.2) is 11.7 Å². The van der Waals surface area contributed by atoms with Crippen molar-refractivity contribution in [1.82, 2.24) is 5.16 Å². The topological polar surface area (TPSA) is 38.1 Å². The highest BCUT2D eigenvalue weighted by Gasteiger charge is 2.13. The summed E-state index contributed by atoms with van der Waals surface area (Å²) in [5.74, 6) is 0. The number of aromatic nitrogens is 1. The van der Waals surface area contributed by atoms with Crippen molar-refractivity contribution in [3.8, 4) is 0 Å². The molecule has 0 atom stereocenters. The molecule has 1 aromatic heterocycles. The van der Waals surface area contributed by atoms with Crippen LogP contribution in [0, 0.1) is 0 Å². The van der Waals surface area contributed by atoms with Crippen LogP contribution in [-0.2, 0) is 12.8 Å². The van der Waals surface area contributed by atoms with E-state index in [1.807, 2.05) is 0 Å². The van der Waals surface area contributed by atoms with Gasteiger partial charge in [-0.05, 0) is 37.3 Å². The molecular formula is C13H16N2O. The van der Waals surface area contributed by atoms with Crippen molar-refractivity contribution in [2.45, 2.75) is 32.6 Å². The molecule has 2 aromatic rings. The van der Waals surface area contributed by atoms with Crippen LogP contribution in [0.4, 0.5) is 5.69 Å². The highest BCUT2D eigenvalue weighted by molar-refractivity contribution is 5.84. The van der Waals surface area contributed by atoms with E-state index in [9.17, 15) is 0 Å². The number of hydrogen-bond donors (Lipinski definition) is 1. The minimum atomic E-state index is 0.907. The largest absolute Gasteiger partial charge is 0.385 e. The summed E-state index contributed by atoms with van der Waals surface area (Å²) in [6.07, 6.45) is 4.60. The number of nitrogens with zero attached hydrogens (tertiary/aromatic N) is 1. The molecule has 84 valence electrons. The number of nitrogens with one attached hydrogen (secondary N) is 1. The molecule has 0 fully saturated rings. The molecule has 1 aliphatic rings. The van der Waals surface area contributed by atoms with Crippen LogP contribution in [0.3, 0.4) is 0 Å². The Hall–Kier alpha value is -1.51. The van der Waals surface area contributed by atoms with Crippen molar-refractivity contribution in [2.75, 3.05) is 11.9 Å². The maximum atomic E-state index is 5.36. The highest BCUT2D eigenvalue weighted by atomic mass is 16.5. The van der Waals surface area contributed by atoms with Crippen LogP contribution in [0.15, 0.2) is 16.7 Å². The van der Waals surface area contributed by atoms with Gasteiger partial charge in [-0.3, -0.25) is 0 Å². The third-order valence-corrected chi connectivity index (χ3v) is 3.29. The van der Waals surface area contributed by atoms with Gasteiger partial charge in [0.05, 0.1) is 5.69 Å². The fourth-order valence-electron chi connectivity index (χ4n) is 2.37. The molecule has 0 radical (unpaired) electrons. The van der Waals surface area contributed by atoms with Crippen LogP contribution in [0.1, 0.15) is 31.0 Å². The first kappa shape index (κ1) is 9.70. The van der Waals surface area contributed by atoms with Gasteiger partial charge in [0, 0.05) is 23.7 Å². The van der Waals surface area contributed by atoms with Crippen molar-refractivity contribution < 1.29 is 4.52 Å². The van der Waals surface area contributed by atoms with Gasteiger partial charge in [-0.15, -0.1) is 0 Å². The molecule has 16 heavy (non-hydrogen) atoms. The number of fused-ring (bicyclic) bond motifs is 2. The molecule has 0 bridgehead atoms. The zero-order chi connectivity index (χ0) is 11.0. The molecule has 0 unspecified atom stereocenters. The van der Waals surface area contributed by atoms with Crippen molar-refractivity contribution in [3.05, 3.63) is 23.4 Å². The monoisotopic (exact) mass is 216 g/mol. The number of aryl methyl sites for hydroxylation is 2. The molecule has 0 saturated heterocycles. The number of hydrogen-bond acceptors (Lipinski definition) is 3. The Balaban J connectivity index is 2.18. The van der Waals surface area contributed by atoms with Gasteiger partial charge in [-0.1, -0.05) is 12.1 Å². The first-order valence-corrected chi connectivity index (χ1v) is 6.03. The first-order valence-electron chi connectivity index (χ1n) is 6.03. The molecule has 1 N–H and O–H groups in total. The molecular weight excluding hydrogens is 200 g/mol. The molecule has 0 spiro atoms. The van der Waals surface area contributed by atoms with Crippen molar-refractivity contribution >= 4 is 16.7 Å². The molecule has 1 aromatic carbocycles. The van der Waals surface area contributed by atoms with Gasteiger partial charge >= 0.3 is 0 Å². The fraction of sp³-hybridized carbons (Fsp3) is 0.462. The van der Waals surface area contributed by atoms with E-state index < -0.39 is 0 Å². The van der Waals surface area contributed by atoms with E-state index >= 15 is 0 Å². The van der Waals surface area contributed by atoms with Gasteiger partial charge in [0.15, 0.2) is 5.58 Å². The predicted octanol–water partition coefficient (Wildman–Crippen LogP) is 3.14. The predicted molar refractivity (Wildman–Crippen MR) is 64.8 cm³/mol. The van der Waals surface area contributed by atoms with Crippen LogP contribution < -0.4 is 5.32 Å². The average Bonchev–Trinajstić information content (AvgIpc) is 2.55.